The Morgan fingerprint density at radius 3 is 2.53 bits per heavy atom. The van der Waals surface area contributed by atoms with Crippen LogP contribution in [0.25, 0.3) is 0 Å². The number of esters is 2. The van der Waals surface area contributed by atoms with Crippen LogP contribution in [-0.4, -0.2) is 45.9 Å². The first kappa shape index (κ1) is 21.6. The van der Waals surface area contributed by atoms with E-state index in [1.54, 1.807) is 7.11 Å². The second-order valence-corrected chi connectivity index (χ2v) is 7.02. The van der Waals surface area contributed by atoms with Gasteiger partial charge in [0.2, 0.25) is 0 Å². The van der Waals surface area contributed by atoms with Gasteiger partial charge in [0, 0.05) is 30.0 Å². The van der Waals surface area contributed by atoms with E-state index in [1.807, 2.05) is 42.5 Å². The molecule has 2 unspecified atom stereocenters. The summed E-state index contributed by atoms with van der Waals surface area (Å²) in [4.78, 5) is 23.7. The number of para-hydroxylation sites is 2. The number of methoxy groups -OCH3 is 3. The lowest BCUT2D eigenvalue weighted by Crippen LogP contribution is -2.40. The number of ether oxygens (including phenoxy) is 4. The molecule has 7 nitrogen and oxygen atoms in total. The highest BCUT2D eigenvalue weighted by Crippen LogP contribution is 2.47. The van der Waals surface area contributed by atoms with Gasteiger partial charge in [-0.3, -0.25) is 9.59 Å². The van der Waals surface area contributed by atoms with Crippen molar-refractivity contribution in [2.45, 2.75) is 31.2 Å². The number of hydrogen-bond acceptors (Lipinski definition) is 7. The van der Waals surface area contributed by atoms with Gasteiger partial charge in [0.05, 0.1) is 21.3 Å². The third-order valence-electron chi connectivity index (χ3n) is 5.27. The first-order valence-electron chi connectivity index (χ1n) is 9.90. The Labute approximate surface area is 176 Å². The molecule has 3 rings (SSSR count). The molecule has 0 aromatic heterocycles. The summed E-state index contributed by atoms with van der Waals surface area (Å²) < 4.78 is 21.2. The minimum absolute atomic E-state index is 0.0344. The van der Waals surface area contributed by atoms with Gasteiger partial charge >= 0.3 is 11.9 Å². The van der Waals surface area contributed by atoms with Crippen molar-refractivity contribution in [1.29, 1.82) is 0 Å². The average Bonchev–Trinajstić information content (AvgIpc) is 2.79. The first-order valence-corrected chi connectivity index (χ1v) is 9.90. The zero-order chi connectivity index (χ0) is 21.5. The summed E-state index contributed by atoms with van der Waals surface area (Å²) in [6.07, 6.45) is 1.25. The molecule has 0 aliphatic carbocycles. The number of hydrogen-bond donors (Lipinski definition) is 1. The van der Waals surface area contributed by atoms with Crippen molar-refractivity contribution < 1.29 is 28.5 Å². The van der Waals surface area contributed by atoms with Crippen LogP contribution in [0.2, 0.25) is 0 Å². The number of carbonyl (C=O) groups is 2. The summed E-state index contributed by atoms with van der Waals surface area (Å²) in [5, 5.41) is 3.33. The predicted molar refractivity (Wildman–Crippen MR) is 111 cm³/mol. The molecule has 2 aromatic rings. The third-order valence-corrected chi connectivity index (χ3v) is 5.27. The number of fused-ring (bicyclic) bond motifs is 2. The van der Waals surface area contributed by atoms with Crippen LogP contribution in [0.4, 0.5) is 0 Å². The van der Waals surface area contributed by atoms with E-state index in [1.165, 1.54) is 14.2 Å². The Morgan fingerprint density at radius 1 is 1.03 bits per heavy atom. The summed E-state index contributed by atoms with van der Waals surface area (Å²) in [6.45, 7) is 0.499. The standard InChI is InChI=1S/C23H27NO6/c1-27-20-12-6-9-16-17(15-8-4-5-11-19(15)30-22(16)20)14-24-18(23(26)29-3)10-7-13-21(25)28-2/h4-6,8-9,11-12,17-18,24H,7,10,13-14H2,1-3H3. The summed E-state index contributed by atoms with van der Waals surface area (Å²) >= 11 is 0. The first-order chi connectivity index (χ1) is 14.6. The van der Waals surface area contributed by atoms with Crippen LogP contribution in [0.15, 0.2) is 42.5 Å². The maximum Gasteiger partial charge on any atom is 0.322 e. The molecule has 0 saturated heterocycles. The van der Waals surface area contributed by atoms with Gasteiger partial charge in [-0.1, -0.05) is 30.3 Å². The largest absolute Gasteiger partial charge is 0.493 e. The fraction of sp³-hybridized carbons (Fsp3) is 0.391. The molecule has 0 radical (unpaired) electrons. The maximum atomic E-state index is 12.3. The average molecular weight is 413 g/mol. The number of carbonyl (C=O) groups excluding carboxylic acids is 2. The van der Waals surface area contributed by atoms with Gasteiger partial charge in [-0.15, -0.1) is 0 Å². The fourth-order valence-electron chi connectivity index (χ4n) is 3.69. The highest BCUT2D eigenvalue weighted by atomic mass is 16.5. The minimum atomic E-state index is -0.524. The molecule has 2 atom stereocenters. The van der Waals surface area contributed by atoms with Gasteiger partial charge in [0.15, 0.2) is 11.5 Å². The molecule has 1 aliphatic heterocycles. The van der Waals surface area contributed by atoms with E-state index in [0.29, 0.717) is 30.9 Å². The molecule has 1 N–H and O–H groups in total. The van der Waals surface area contributed by atoms with Crippen molar-refractivity contribution >= 4 is 11.9 Å². The molecular formula is C23H27NO6. The molecule has 0 spiro atoms. The van der Waals surface area contributed by atoms with Gasteiger partial charge in [-0.2, -0.15) is 0 Å². The second-order valence-electron chi connectivity index (χ2n) is 7.02. The monoisotopic (exact) mass is 413 g/mol. The van der Waals surface area contributed by atoms with Crippen LogP contribution in [0.5, 0.6) is 17.2 Å². The Bertz CT molecular complexity index is 897. The van der Waals surface area contributed by atoms with E-state index in [0.717, 1.165) is 16.9 Å². The zero-order valence-corrected chi connectivity index (χ0v) is 17.5. The highest BCUT2D eigenvalue weighted by Gasteiger charge is 2.30. The van der Waals surface area contributed by atoms with E-state index in [9.17, 15) is 9.59 Å². The molecule has 1 aliphatic rings. The lowest BCUT2D eigenvalue weighted by Gasteiger charge is -2.30. The summed E-state index contributed by atoms with van der Waals surface area (Å²) in [5.74, 6) is 1.43. The highest BCUT2D eigenvalue weighted by molar-refractivity contribution is 5.76. The summed E-state index contributed by atoms with van der Waals surface area (Å²) in [5.41, 5.74) is 2.02. The smallest absolute Gasteiger partial charge is 0.322 e. The quantitative estimate of drug-likeness (QED) is 0.631. The van der Waals surface area contributed by atoms with Gasteiger partial charge in [-0.25, -0.2) is 0 Å². The lowest BCUT2D eigenvalue weighted by atomic mass is 9.87. The van der Waals surface area contributed by atoms with E-state index < -0.39 is 6.04 Å². The van der Waals surface area contributed by atoms with Gasteiger partial charge < -0.3 is 24.3 Å². The van der Waals surface area contributed by atoms with Gasteiger partial charge in [-0.05, 0) is 25.0 Å². The van der Waals surface area contributed by atoms with E-state index in [2.05, 4.69) is 10.1 Å². The molecule has 30 heavy (non-hydrogen) atoms. The second kappa shape index (κ2) is 10.1. The Balaban J connectivity index is 1.80. The Morgan fingerprint density at radius 2 is 1.80 bits per heavy atom. The van der Waals surface area contributed by atoms with Crippen molar-refractivity contribution in [3.05, 3.63) is 53.6 Å². The Hall–Kier alpha value is -3.06. The molecule has 0 amide bonds. The molecule has 1 heterocycles. The van der Waals surface area contributed by atoms with Crippen LogP contribution in [-0.2, 0) is 19.1 Å². The van der Waals surface area contributed by atoms with Crippen LogP contribution in [0, 0.1) is 0 Å². The van der Waals surface area contributed by atoms with Crippen LogP contribution in [0.1, 0.15) is 36.3 Å². The van der Waals surface area contributed by atoms with Gasteiger partial charge in [0.1, 0.15) is 11.8 Å². The van der Waals surface area contributed by atoms with Crippen LogP contribution >= 0.6 is 0 Å². The maximum absolute atomic E-state index is 12.3. The lowest BCUT2D eigenvalue weighted by molar-refractivity contribution is -0.144. The molecule has 7 heteroatoms. The zero-order valence-electron chi connectivity index (χ0n) is 17.5. The topological polar surface area (TPSA) is 83.1 Å². The van der Waals surface area contributed by atoms with Crippen molar-refractivity contribution in [3.63, 3.8) is 0 Å². The number of benzene rings is 2. The van der Waals surface area contributed by atoms with E-state index >= 15 is 0 Å². The normalized spacial score (nSPS) is 15.2. The predicted octanol–water partition coefficient (Wildman–Crippen LogP) is 3.41. The third kappa shape index (κ3) is 4.74. The van der Waals surface area contributed by atoms with Crippen molar-refractivity contribution in [2.75, 3.05) is 27.9 Å². The van der Waals surface area contributed by atoms with Crippen molar-refractivity contribution in [3.8, 4) is 17.2 Å². The van der Waals surface area contributed by atoms with E-state index in [-0.39, 0.29) is 24.3 Å². The number of rotatable bonds is 9. The Kier molecular flexibility index (Phi) is 7.30. The molecule has 0 bridgehead atoms. The molecular weight excluding hydrogens is 386 g/mol. The molecule has 160 valence electrons. The summed E-state index contributed by atoms with van der Waals surface area (Å²) in [7, 11) is 4.33. The van der Waals surface area contributed by atoms with Gasteiger partial charge in [0.25, 0.3) is 0 Å². The van der Waals surface area contributed by atoms with Crippen molar-refractivity contribution in [2.24, 2.45) is 0 Å². The molecule has 0 fully saturated rings. The SMILES string of the molecule is COC(=O)CCCC(NCC1c2ccccc2Oc2c(OC)cccc21)C(=O)OC. The van der Waals surface area contributed by atoms with Crippen molar-refractivity contribution in [1.82, 2.24) is 5.32 Å². The number of nitrogens with one attached hydrogen (secondary N) is 1. The van der Waals surface area contributed by atoms with E-state index in [4.69, 9.17) is 14.2 Å². The molecule has 2 aromatic carbocycles. The fourth-order valence-corrected chi connectivity index (χ4v) is 3.69. The molecule has 0 saturated carbocycles. The summed E-state index contributed by atoms with van der Waals surface area (Å²) in [6, 6.07) is 13.1. The van der Waals surface area contributed by atoms with Crippen LogP contribution < -0.4 is 14.8 Å². The minimum Gasteiger partial charge on any atom is -0.493 e. The van der Waals surface area contributed by atoms with Crippen LogP contribution in [0.3, 0.4) is 0 Å².